The Morgan fingerprint density at radius 1 is 1.35 bits per heavy atom. The van der Waals surface area contributed by atoms with Crippen LogP contribution in [-0.2, 0) is 6.42 Å². The molecule has 0 unspecified atom stereocenters. The maximum atomic E-state index is 8.83. The lowest BCUT2D eigenvalue weighted by Crippen LogP contribution is -1.92. The van der Waals surface area contributed by atoms with Crippen LogP contribution in [0.1, 0.15) is 24.0 Å². The van der Waals surface area contributed by atoms with Gasteiger partial charge in [-0.05, 0) is 35.9 Å². The average molecular weight is 231 g/mol. The van der Waals surface area contributed by atoms with Gasteiger partial charge in [-0.15, -0.1) is 0 Å². The lowest BCUT2D eigenvalue weighted by Gasteiger charge is -2.04. The number of aliphatic hydroxyl groups excluding tert-OH is 1. The van der Waals surface area contributed by atoms with Crippen molar-refractivity contribution in [2.24, 2.45) is 5.11 Å². The van der Waals surface area contributed by atoms with Crippen LogP contribution in [0, 0.1) is 0 Å². The molecular weight excluding hydrogens is 214 g/mol. The second kappa shape index (κ2) is 8.39. The molecule has 0 aliphatic rings. The van der Waals surface area contributed by atoms with Gasteiger partial charge < -0.3 is 5.11 Å². The molecule has 0 atom stereocenters. The highest BCUT2D eigenvalue weighted by Gasteiger charge is 1.97. The molecule has 0 aliphatic carbocycles. The largest absolute Gasteiger partial charge is 0.396 e. The van der Waals surface area contributed by atoms with Crippen LogP contribution in [-0.4, -0.2) is 18.3 Å². The minimum atomic E-state index is 0.217. The number of nitrogens with zero attached hydrogens (tertiary/aromatic N) is 3. The Hall–Kier alpha value is -1.77. The van der Waals surface area contributed by atoms with Gasteiger partial charge in [-0.3, -0.25) is 0 Å². The van der Waals surface area contributed by atoms with E-state index >= 15 is 0 Å². The summed E-state index contributed by atoms with van der Waals surface area (Å²) in [6.07, 6.45) is 6.46. The van der Waals surface area contributed by atoms with Crippen LogP contribution in [0.25, 0.3) is 16.5 Å². The second-order valence-electron chi connectivity index (χ2n) is 3.67. The molecule has 4 heteroatoms. The zero-order valence-corrected chi connectivity index (χ0v) is 9.79. The number of benzene rings is 1. The van der Waals surface area contributed by atoms with Crippen LogP contribution in [0.15, 0.2) is 35.5 Å². The van der Waals surface area contributed by atoms with Gasteiger partial charge in [0, 0.05) is 18.1 Å². The third-order valence-electron chi connectivity index (χ3n) is 2.42. The van der Waals surface area contributed by atoms with Gasteiger partial charge in [0.1, 0.15) is 0 Å². The monoisotopic (exact) mass is 231 g/mol. The van der Waals surface area contributed by atoms with Crippen LogP contribution < -0.4 is 0 Å². The van der Waals surface area contributed by atoms with Gasteiger partial charge >= 0.3 is 0 Å². The number of hydrogen-bond acceptors (Lipinski definition) is 2. The zero-order chi connectivity index (χ0) is 12.3. The van der Waals surface area contributed by atoms with Crippen molar-refractivity contribution in [2.75, 3.05) is 13.2 Å². The van der Waals surface area contributed by atoms with E-state index < -0.39 is 0 Å². The SMILES string of the molecule is [N-]=[N+]=NCCC=Cc1ccccc1CCCO. The Morgan fingerprint density at radius 2 is 2.18 bits per heavy atom. The molecule has 0 saturated carbocycles. The molecule has 1 N–H and O–H groups in total. The molecule has 4 nitrogen and oxygen atoms in total. The van der Waals surface area contributed by atoms with Gasteiger partial charge in [0.2, 0.25) is 0 Å². The fraction of sp³-hybridized carbons (Fsp3) is 0.385. The van der Waals surface area contributed by atoms with E-state index in [4.69, 9.17) is 10.6 Å². The molecule has 0 amide bonds. The molecule has 1 aromatic carbocycles. The standard InChI is InChI=1S/C13H17N3O/c14-16-15-10-4-3-8-12-6-1-2-7-13(12)9-5-11-17/h1-3,6-8,17H,4-5,9-11H2. The molecule has 0 aliphatic heterocycles. The summed E-state index contributed by atoms with van der Waals surface area (Å²) in [5.74, 6) is 0. The Bertz CT molecular complexity index is 409. The highest BCUT2D eigenvalue weighted by Crippen LogP contribution is 2.13. The van der Waals surface area contributed by atoms with Crippen molar-refractivity contribution >= 4 is 6.08 Å². The van der Waals surface area contributed by atoms with Crippen LogP contribution >= 0.6 is 0 Å². The normalized spacial score (nSPS) is 10.4. The van der Waals surface area contributed by atoms with Crippen LogP contribution in [0.5, 0.6) is 0 Å². The lowest BCUT2D eigenvalue weighted by molar-refractivity contribution is 0.288. The highest BCUT2D eigenvalue weighted by atomic mass is 16.2. The van der Waals surface area contributed by atoms with E-state index in [0.29, 0.717) is 6.54 Å². The molecule has 90 valence electrons. The Labute approximate surface area is 101 Å². The Morgan fingerprint density at radius 3 is 2.94 bits per heavy atom. The summed E-state index contributed by atoms with van der Waals surface area (Å²) in [6.45, 7) is 0.709. The van der Waals surface area contributed by atoms with Gasteiger partial charge in [0.15, 0.2) is 0 Å². The summed E-state index contributed by atoms with van der Waals surface area (Å²) in [5.41, 5.74) is 10.5. The van der Waals surface area contributed by atoms with E-state index in [1.807, 2.05) is 24.3 Å². The van der Waals surface area contributed by atoms with Crippen molar-refractivity contribution in [1.29, 1.82) is 0 Å². The Kier molecular flexibility index (Phi) is 6.56. The van der Waals surface area contributed by atoms with Gasteiger partial charge in [-0.2, -0.15) is 0 Å². The summed E-state index contributed by atoms with van der Waals surface area (Å²) in [6, 6.07) is 8.12. The number of rotatable bonds is 7. The van der Waals surface area contributed by atoms with Crippen molar-refractivity contribution in [3.8, 4) is 0 Å². The molecule has 1 rings (SSSR count). The van der Waals surface area contributed by atoms with E-state index in [-0.39, 0.29) is 6.61 Å². The minimum Gasteiger partial charge on any atom is -0.396 e. The van der Waals surface area contributed by atoms with E-state index in [0.717, 1.165) is 19.3 Å². The fourth-order valence-corrected chi connectivity index (χ4v) is 1.58. The van der Waals surface area contributed by atoms with Crippen molar-refractivity contribution in [2.45, 2.75) is 19.3 Å². The molecule has 0 aromatic heterocycles. The first-order valence-corrected chi connectivity index (χ1v) is 5.74. The second-order valence-corrected chi connectivity index (χ2v) is 3.67. The third-order valence-corrected chi connectivity index (χ3v) is 2.42. The van der Waals surface area contributed by atoms with Gasteiger partial charge in [-0.25, -0.2) is 0 Å². The van der Waals surface area contributed by atoms with Crippen LogP contribution in [0.2, 0.25) is 0 Å². The van der Waals surface area contributed by atoms with Gasteiger partial charge in [0.05, 0.1) is 0 Å². The molecule has 0 saturated heterocycles. The van der Waals surface area contributed by atoms with E-state index in [2.05, 4.69) is 22.2 Å². The van der Waals surface area contributed by atoms with E-state index in [1.54, 1.807) is 0 Å². The smallest absolute Gasteiger partial charge is 0.0434 e. The molecule has 0 fully saturated rings. The van der Waals surface area contributed by atoms with Crippen molar-refractivity contribution in [3.63, 3.8) is 0 Å². The molecule has 0 spiro atoms. The topological polar surface area (TPSA) is 69.0 Å². The fourth-order valence-electron chi connectivity index (χ4n) is 1.58. The first-order chi connectivity index (χ1) is 8.38. The molecule has 1 aromatic rings. The van der Waals surface area contributed by atoms with Crippen LogP contribution in [0.4, 0.5) is 0 Å². The van der Waals surface area contributed by atoms with E-state index in [9.17, 15) is 0 Å². The van der Waals surface area contributed by atoms with Crippen molar-refractivity contribution in [3.05, 3.63) is 51.9 Å². The van der Waals surface area contributed by atoms with E-state index in [1.165, 1.54) is 11.1 Å². The number of aryl methyl sites for hydroxylation is 1. The number of hydrogen-bond donors (Lipinski definition) is 1. The summed E-state index contributed by atoms with van der Waals surface area (Å²) < 4.78 is 0. The molecule has 0 radical (unpaired) electrons. The molecule has 0 heterocycles. The summed E-state index contributed by atoms with van der Waals surface area (Å²) in [7, 11) is 0. The summed E-state index contributed by atoms with van der Waals surface area (Å²) >= 11 is 0. The summed E-state index contributed by atoms with van der Waals surface area (Å²) in [5, 5.41) is 12.3. The number of aliphatic hydroxyl groups is 1. The Balaban J connectivity index is 2.59. The average Bonchev–Trinajstić information content (AvgIpc) is 2.37. The summed E-state index contributed by atoms with van der Waals surface area (Å²) in [4.78, 5) is 2.70. The molecular formula is C13H17N3O. The molecule has 17 heavy (non-hydrogen) atoms. The maximum Gasteiger partial charge on any atom is 0.0434 e. The lowest BCUT2D eigenvalue weighted by atomic mass is 10.0. The van der Waals surface area contributed by atoms with Crippen molar-refractivity contribution < 1.29 is 5.11 Å². The maximum absolute atomic E-state index is 8.83. The number of azide groups is 1. The zero-order valence-electron chi connectivity index (χ0n) is 9.79. The first kappa shape index (κ1) is 13.3. The van der Waals surface area contributed by atoms with Gasteiger partial charge in [0.25, 0.3) is 0 Å². The quantitative estimate of drug-likeness (QED) is 0.332. The van der Waals surface area contributed by atoms with Crippen LogP contribution in [0.3, 0.4) is 0 Å². The third kappa shape index (κ3) is 5.20. The molecule has 0 bridgehead atoms. The van der Waals surface area contributed by atoms with Crippen molar-refractivity contribution in [1.82, 2.24) is 0 Å². The minimum absolute atomic E-state index is 0.217. The van der Waals surface area contributed by atoms with Gasteiger partial charge in [-0.1, -0.05) is 41.5 Å². The predicted molar refractivity (Wildman–Crippen MR) is 69.5 cm³/mol. The predicted octanol–water partition coefficient (Wildman–Crippen LogP) is 3.33. The first-order valence-electron chi connectivity index (χ1n) is 5.74. The highest BCUT2D eigenvalue weighted by molar-refractivity contribution is 5.53.